The first-order valence-corrected chi connectivity index (χ1v) is 7.04. The van der Waals surface area contributed by atoms with E-state index in [0.717, 1.165) is 22.2 Å². The lowest BCUT2D eigenvalue weighted by molar-refractivity contribution is 0.182. The van der Waals surface area contributed by atoms with Crippen LogP contribution in [0.25, 0.3) is 0 Å². The molecule has 1 unspecified atom stereocenters. The van der Waals surface area contributed by atoms with Gasteiger partial charge in [-0.15, -0.1) is 0 Å². The van der Waals surface area contributed by atoms with Crippen LogP contribution in [0.1, 0.15) is 36.8 Å². The van der Waals surface area contributed by atoms with Crippen molar-refractivity contribution < 1.29 is 4.74 Å². The third-order valence-electron chi connectivity index (χ3n) is 3.26. The molecule has 0 aliphatic carbocycles. The van der Waals surface area contributed by atoms with E-state index in [1.165, 1.54) is 30.6 Å². The fourth-order valence-electron chi connectivity index (χ4n) is 2.29. The number of rotatable bonds is 4. The number of aromatic nitrogens is 1. The summed E-state index contributed by atoms with van der Waals surface area (Å²) in [5.41, 5.74) is 6.38. The van der Waals surface area contributed by atoms with E-state index in [4.69, 9.17) is 15.9 Å². The molecule has 6 heteroatoms. The number of anilines is 1. The first-order valence-electron chi connectivity index (χ1n) is 6.23. The number of piperidine rings is 1. The number of methoxy groups -OCH3 is 1. The molecule has 1 atom stereocenters. The Balaban J connectivity index is 2.27. The van der Waals surface area contributed by atoms with Crippen molar-refractivity contribution >= 4 is 22.3 Å². The molecule has 18 heavy (non-hydrogen) atoms. The number of ether oxygens (including phenoxy) is 1. The summed E-state index contributed by atoms with van der Waals surface area (Å²) >= 11 is 1.50. The first-order chi connectivity index (χ1) is 8.63. The third kappa shape index (κ3) is 2.64. The molecular formula is C12H20N4OS. The molecule has 5 nitrogen and oxygen atoms in total. The number of amidine groups is 1. The van der Waals surface area contributed by atoms with Crippen LogP contribution in [0.5, 0.6) is 0 Å². The highest BCUT2D eigenvalue weighted by molar-refractivity contribution is 7.17. The van der Waals surface area contributed by atoms with Crippen molar-refractivity contribution in [1.82, 2.24) is 4.98 Å². The van der Waals surface area contributed by atoms with Crippen molar-refractivity contribution in [1.29, 1.82) is 5.41 Å². The molecule has 1 aliphatic heterocycles. The number of hydrogen-bond acceptors (Lipinski definition) is 5. The number of nitrogens with one attached hydrogen (secondary N) is 1. The maximum Gasteiger partial charge on any atom is 0.186 e. The predicted molar refractivity (Wildman–Crippen MR) is 74.5 cm³/mol. The molecule has 0 bridgehead atoms. The Kier molecular flexibility index (Phi) is 4.19. The second kappa shape index (κ2) is 5.67. The smallest absolute Gasteiger partial charge is 0.186 e. The fraction of sp³-hybridized carbons (Fsp3) is 0.667. The van der Waals surface area contributed by atoms with Gasteiger partial charge in [-0.25, -0.2) is 4.98 Å². The van der Waals surface area contributed by atoms with Gasteiger partial charge in [-0.2, -0.15) is 0 Å². The summed E-state index contributed by atoms with van der Waals surface area (Å²) in [5, 5.41) is 8.58. The maximum atomic E-state index is 7.61. The lowest BCUT2D eigenvalue weighted by atomic mass is 10.1. The number of thiazole rings is 1. The first kappa shape index (κ1) is 13.3. The normalized spacial score (nSPS) is 20.1. The molecule has 2 rings (SSSR count). The quantitative estimate of drug-likeness (QED) is 0.646. The van der Waals surface area contributed by atoms with Gasteiger partial charge in [0.2, 0.25) is 0 Å². The summed E-state index contributed by atoms with van der Waals surface area (Å²) in [7, 11) is 1.63. The summed E-state index contributed by atoms with van der Waals surface area (Å²) in [5.74, 6) is 0.0791. The molecule has 0 spiro atoms. The van der Waals surface area contributed by atoms with Crippen LogP contribution in [-0.4, -0.2) is 30.5 Å². The van der Waals surface area contributed by atoms with Crippen molar-refractivity contribution in [3.05, 3.63) is 10.6 Å². The summed E-state index contributed by atoms with van der Waals surface area (Å²) in [4.78, 5) is 7.65. The molecule has 0 aromatic carbocycles. The number of nitrogens with two attached hydrogens (primary N) is 1. The van der Waals surface area contributed by atoms with Crippen molar-refractivity contribution in [2.45, 2.75) is 38.8 Å². The maximum absolute atomic E-state index is 7.61. The molecule has 1 aliphatic rings. The summed E-state index contributed by atoms with van der Waals surface area (Å²) in [6.45, 7) is 3.68. The molecule has 1 saturated heterocycles. The topological polar surface area (TPSA) is 75.2 Å². The minimum atomic E-state index is 0.0791. The van der Waals surface area contributed by atoms with Gasteiger partial charge in [0.05, 0.1) is 17.2 Å². The van der Waals surface area contributed by atoms with Gasteiger partial charge in [0, 0.05) is 19.7 Å². The van der Waals surface area contributed by atoms with Crippen LogP contribution in [0, 0.1) is 5.41 Å². The molecule has 1 fully saturated rings. The number of nitrogen functional groups attached to an aromatic ring is 1. The largest absolute Gasteiger partial charge is 0.383 e. The Bertz CT molecular complexity index is 432. The minimum Gasteiger partial charge on any atom is -0.383 e. The second-order valence-electron chi connectivity index (χ2n) is 4.66. The van der Waals surface area contributed by atoms with E-state index in [2.05, 4.69) is 16.8 Å². The zero-order valence-corrected chi connectivity index (χ0v) is 11.7. The molecular weight excluding hydrogens is 248 g/mol. The molecule has 0 amide bonds. The average Bonchev–Trinajstić information content (AvgIpc) is 2.74. The molecule has 100 valence electrons. The van der Waals surface area contributed by atoms with Gasteiger partial charge in [0.25, 0.3) is 0 Å². The van der Waals surface area contributed by atoms with E-state index in [9.17, 15) is 0 Å². The van der Waals surface area contributed by atoms with E-state index >= 15 is 0 Å². The predicted octanol–water partition coefficient (Wildman–Crippen LogP) is 1.95. The lowest BCUT2D eigenvalue weighted by Crippen LogP contribution is -2.37. The Hall–Kier alpha value is -1.14. The SMILES string of the molecule is COCc1nc(N2CCCCC2C)sc1C(=N)N. The van der Waals surface area contributed by atoms with Gasteiger partial charge in [-0.3, -0.25) is 5.41 Å². The van der Waals surface area contributed by atoms with Crippen molar-refractivity contribution in [2.75, 3.05) is 18.6 Å². The highest BCUT2D eigenvalue weighted by Crippen LogP contribution is 2.31. The average molecular weight is 268 g/mol. The Morgan fingerprint density at radius 3 is 3.00 bits per heavy atom. The zero-order chi connectivity index (χ0) is 13.1. The summed E-state index contributed by atoms with van der Waals surface area (Å²) < 4.78 is 5.12. The van der Waals surface area contributed by atoms with Crippen LogP contribution in [0.2, 0.25) is 0 Å². The van der Waals surface area contributed by atoms with E-state index in [-0.39, 0.29) is 5.84 Å². The molecule has 1 aromatic rings. The van der Waals surface area contributed by atoms with E-state index in [0.29, 0.717) is 12.6 Å². The monoisotopic (exact) mass is 268 g/mol. The lowest BCUT2D eigenvalue weighted by Gasteiger charge is -2.33. The van der Waals surface area contributed by atoms with Crippen molar-refractivity contribution in [2.24, 2.45) is 5.73 Å². The van der Waals surface area contributed by atoms with Gasteiger partial charge in [0.1, 0.15) is 5.84 Å². The molecule has 0 radical (unpaired) electrons. The van der Waals surface area contributed by atoms with Gasteiger partial charge in [-0.1, -0.05) is 11.3 Å². The van der Waals surface area contributed by atoms with E-state index in [1.807, 2.05) is 0 Å². The number of hydrogen-bond donors (Lipinski definition) is 2. The van der Waals surface area contributed by atoms with E-state index in [1.54, 1.807) is 7.11 Å². The van der Waals surface area contributed by atoms with Gasteiger partial charge >= 0.3 is 0 Å². The number of nitrogens with zero attached hydrogens (tertiary/aromatic N) is 2. The minimum absolute atomic E-state index is 0.0791. The van der Waals surface area contributed by atoms with Crippen LogP contribution in [0.3, 0.4) is 0 Å². The van der Waals surface area contributed by atoms with Crippen LogP contribution < -0.4 is 10.6 Å². The summed E-state index contributed by atoms with van der Waals surface area (Å²) in [6.07, 6.45) is 3.70. The Morgan fingerprint density at radius 1 is 1.61 bits per heavy atom. The highest BCUT2D eigenvalue weighted by Gasteiger charge is 2.23. The van der Waals surface area contributed by atoms with Gasteiger partial charge in [-0.05, 0) is 26.2 Å². The zero-order valence-electron chi connectivity index (χ0n) is 10.9. The summed E-state index contributed by atoms with van der Waals surface area (Å²) in [6, 6.07) is 0.514. The second-order valence-corrected chi connectivity index (χ2v) is 5.63. The van der Waals surface area contributed by atoms with Crippen LogP contribution in [0.15, 0.2) is 0 Å². The Labute approximate surface area is 111 Å². The van der Waals surface area contributed by atoms with Crippen molar-refractivity contribution in [3.63, 3.8) is 0 Å². The fourth-order valence-corrected chi connectivity index (χ4v) is 3.35. The molecule has 0 saturated carbocycles. The third-order valence-corrected chi connectivity index (χ3v) is 4.43. The molecule has 1 aromatic heterocycles. The van der Waals surface area contributed by atoms with Crippen LogP contribution in [0.4, 0.5) is 5.13 Å². The molecule has 3 N–H and O–H groups in total. The van der Waals surface area contributed by atoms with Gasteiger partial charge < -0.3 is 15.4 Å². The Morgan fingerprint density at radius 2 is 2.39 bits per heavy atom. The van der Waals surface area contributed by atoms with E-state index < -0.39 is 0 Å². The van der Waals surface area contributed by atoms with Gasteiger partial charge in [0.15, 0.2) is 5.13 Å². The van der Waals surface area contributed by atoms with Crippen molar-refractivity contribution in [3.8, 4) is 0 Å². The van der Waals surface area contributed by atoms with Crippen LogP contribution in [-0.2, 0) is 11.3 Å². The molecule has 2 heterocycles. The van der Waals surface area contributed by atoms with Crippen LogP contribution >= 0.6 is 11.3 Å². The standard InChI is InChI=1S/C12H20N4OS/c1-8-5-3-4-6-16(8)12-15-9(7-17-2)10(18-12)11(13)14/h8H,3-7H2,1-2H3,(H3,13,14). The highest BCUT2D eigenvalue weighted by atomic mass is 32.1.